The van der Waals surface area contributed by atoms with E-state index in [9.17, 15) is 0 Å². The molecule has 152 valence electrons. The van der Waals surface area contributed by atoms with E-state index in [4.69, 9.17) is 14.0 Å². The molecule has 1 aromatic heterocycles. The number of hydrogen-bond donors (Lipinski definition) is 0. The lowest BCUT2D eigenvalue weighted by Crippen LogP contribution is -2.25. The zero-order valence-corrected chi connectivity index (χ0v) is 17.4. The lowest BCUT2D eigenvalue weighted by atomic mass is 10.1. The van der Waals surface area contributed by atoms with Crippen LogP contribution in [0, 0.1) is 13.8 Å². The fourth-order valence-corrected chi connectivity index (χ4v) is 3.48. The van der Waals surface area contributed by atoms with Crippen LogP contribution in [0.4, 0.5) is 0 Å². The molecule has 1 aliphatic carbocycles. The molecular weight excluding hydrogens is 366 g/mol. The molecule has 0 spiro atoms. The van der Waals surface area contributed by atoms with Gasteiger partial charge in [0.25, 0.3) is 0 Å². The smallest absolute Gasteiger partial charge is 0.241 e. The topological polar surface area (TPSA) is 60.6 Å². The molecule has 0 amide bonds. The van der Waals surface area contributed by atoms with Gasteiger partial charge in [0.2, 0.25) is 11.7 Å². The average Bonchev–Trinajstić information content (AvgIpc) is 3.48. The van der Waals surface area contributed by atoms with Crippen LogP contribution in [0.3, 0.4) is 0 Å². The molecule has 1 heterocycles. The standard InChI is InChI=1S/C23H27N3O3/c1-15-5-6-17(11-16(15)2)13-26(19-8-9-19)14-22-24-23(25-29-22)18-7-10-20(27-3)21(12-18)28-4/h5-7,10-12,19H,8-9,13-14H2,1-4H3. The van der Waals surface area contributed by atoms with Gasteiger partial charge in [0.15, 0.2) is 11.5 Å². The number of ether oxygens (including phenoxy) is 2. The summed E-state index contributed by atoms with van der Waals surface area (Å²) in [7, 11) is 3.23. The first kappa shape index (κ1) is 19.5. The lowest BCUT2D eigenvalue weighted by molar-refractivity contribution is 0.209. The second-order valence-corrected chi connectivity index (χ2v) is 7.64. The van der Waals surface area contributed by atoms with Crippen LogP contribution in [0.1, 0.15) is 35.4 Å². The molecule has 6 heteroatoms. The van der Waals surface area contributed by atoms with E-state index in [1.165, 1.54) is 29.5 Å². The SMILES string of the molecule is COc1ccc(-c2noc(CN(Cc3ccc(C)c(C)c3)C3CC3)n2)cc1OC. The molecule has 0 aliphatic heterocycles. The molecule has 2 aromatic carbocycles. The number of hydrogen-bond acceptors (Lipinski definition) is 6. The van der Waals surface area contributed by atoms with Crippen molar-refractivity contribution in [2.75, 3.05) is 14.2 Å². The second kappa shape index (κ2) is 8.25. The van der Waals surface area contributed by atoms with E-state index >= 15 is 0 Å². The van der Waals surface area contributed by atoms with Crippen molar-refractivity contribution in [3.63, 3.8) is 0 Å². The van der Waals surface area contributed by atoms with Crippen LogP contribution in [0.25, 0.3) is 11.4 Å². The molecule has 3 aromatic rings. The van der Waals surface area contributed by atoms with Crippen molar-refractivity contribution in [3.05, 3.63) is 59.0 Å². The van der Waals surface area contributed by atoms with E-state index in [-0.39, 0.29) is 0 Å². The fraction of sp³-hybridized carbons (Fsp3) is 0.391. The van der Waals surface area contributed by atoms with E-state index < -0.39 is 0 Å². The maximum atomic E-state index is 5.56. The van der Waals surface area contributed by atoms with Crippen molar-refractivity contribution in [2.45, 2.75) is 45.8 Å². The molecule has 0 saturated heterocycles. The molecule has 0 N–H and O–H groups in total. The monoisotopic (exact) mass is 393 g/mol. The maximum absolute atomic E-state index is 5.56. The minimum absolute atomic E-state index is 0.558. The third-order valence-electron chi connectivity index (χ3n) is 5.47. The van der Waals surface area contributed by atoms with Gasteiger partial charge in [0.1, 0.15) is 0 Å². The summed E-state index contributed by atoms with van der Waals surface area (Å²) in [6, 6.07) is 12.9. The summed E-state index contributed by atoms with van der Waals surface area (Å²) in [5.74, 6) is 2.51. The molecule has 6 nitrogen and oxygen atoms in total. The van der Waals surface area contributed by atoms with Crippen molar-refractivity contribution < 1.29 is 14.0 Å². The molecular formula is C23H27N3O3. The van der Waals surface area contributed by atoms with Gasteiger partial charge >= 0.3 is 0 Å². The normalized spacial score (nSPS) is 13.7. The minimum atomic E-state index is 0.558. The quantitative estimate of drug-likeness (QED) is 0.560. The second-order valence-electron chi connectivity index (χ2n) is 7.64. The molecule has 1 aliphatic rings. The highest BCUT2D eigenvalue weighted by molar-refractivity contribution is 5.60. The summed E-state index contributed by atoms with van der Waals surface area (Å²) in [6.45, 7) is 5.84. The Bertz CT molecular complexity index is 995. The van der Waals surface area contributed by atoms with Crippen molar-refractivity contribution >= 4 is 0 Å². The number of aromatic nitrogens is 2. The summed E-state index contributed by atoms with van der Waals surface area (Å²) in [5.41, 5.74) is 4.80. The number of nitrogens with zero attached hydrogens (tertiary/aromatic N) is 3. The zero-order chi connectivity index (χ0) is 20.4. The van der Waals surface area contributed by atoms with Gasteiger partial charge in [-0.3, -0.25) is 4.90 Å². The van der Waals surface area contributed by atoms with Gasteiger partial charge in [0.05, 0.1) is 20.8 Å². The van der Waals surface area contributed by atoms with Crippen LogP contribution in [-0.2, 0) is 13.1 Å². The van der Waals surface area contributed by atoms with Crippen LogP contribution in [0.15, 0.2) is 40.9 Å². The van der Waals surface area contributed by atoms with Crippen LogP contribution in [-0.4, -0.2) is 35.3 Å². The molecule has 4 rings (SSSR count). The highest BCUT2D eigenvalue weighted by Crippen LogP contribution is 2.32. The highest BCUT2D eigenvalue weighted by atomic mass is 16.5. The van der Waals surface area contributed by atoms with Crippen LogP contribution < -0.4 is 9.47 Å². The lowest BCUT2D eigenvalue weighted by Gasteiger charge is -2.20. The van der Waals surface area contributed by atoms with Gasteiger partial charge in [-0.2, -0.15) is 4.98 Å². The first-order chi connectivity index (χ1) is 14.1. The number of methoxy groups -OCH3 is 2. The fourth-order valence-electron chi connectivity index (χ4n) is 3.48. The number of aryl methyl sites for hydroxylation is 2. The Morgan fingerprint density at radius 2 is 1.76 bits per heavy atom. The summed E-state index contributed by atoms with van der Waals surface area (Å²) in [6.07, 6.45) is 2.45. The summed E-state index contributed by atoms with van der Waals surface area (Å²) >= 11 is 0. The van der Waals surface area contributed by atoms with Crippen molar-refractivity contribution in [1.29, 1.82) is 0 Å². The van der Waals surface area contributed by atoms with E-state index in [0.29, 0.717) is 35.8 Å². The van der Waals surface area contributed by atoms with Gasteiger partial charge in [-0.15, -0.1) is 0 Å². The molecule has 0 unspecified atom stereocenters. The minimum Gasteiger partial charge on any atom is -0.493 e. The predicted molar refractivity (Wildman–Crippen MR) is 111 cm³/mol. The molecule has 1 saturated carbocycles. The van der Waals surface area contributed by atoms with Crippen LogP contribution in [0.5, 0.6) is 11.5 Å². The predicted octanol–water partition coefficient (Wildman–Crippen LogP) is 4.54. The summed E-state index contributed by atoms with van der Waals surface area (Å²) in [5, 5.41) is 4.17. The zero-order valence-electron chi connectivity index (χ0n) is 17.4. The molecule has 0 bridgehead atoms. The van der Waals surface area contributed by atoms with Crippen molar-refractivity contribution in [2.24, 2.45) is 0 Å². The third kappa shape index (κ3) is 4.43. The van der Waals surface area contributed by atoms with Crippen LogP contribution >= 0.6 is 0 Å². The first-order valence-electron chi connectivity index (χ1n) is 9.92. The Morgan fingerprint density at radius 3 is 2.45 bits per heavy atom. The summed E-state index contributed by atoms with van der Waals surface area (Å²) in [4.78, 5) is 7.05. The summed E-state index contributed by atoms with van der Waals surface area (Å²) < 4.78 is 16.2. The third-order valence-corrected chi connectivity index (χ3v) is 5.47. The Morgan fingerprint density at radius 1 is 0.966 bits per heavy atom. The Balaban J connectivity index is 1.50. The largest absolute Gasteiger partial charge is 0.493 e. The van der Waals surface area contributed by atoms with E-state index in [1.807, 2.05) is 18.2 Å². The first-order valence-corrected chi connectivity index (χ1v) is 9.92. The highest BCUT2D eigenvalue weighted by Gasteiger charge is 2.30. The van der Waals surface area contributed by atoms with Gasteiger partial charge in [0, 0.05) is 18.2 Å². The number of rotatable bonds is 8. The van der Waals surface area contributed by atoms with Gasteiger partial charge in [-0.1, -0.05) is 23.4 Å². The molecule has 0 atom stereocenters. The Kier molecular flexibility index (Phi) is 5.53. The van der Waals surface area contributed by atoms with Gasteiger partial charge < -0.3 is 14.0 Å². The van der Waals surface area contributed by atoms with Gasteiger partial charge in [-0.05, 0) is 61.6 Å². The van der Waals surface area contributed by atoms with E-state index in [0.717, 1.165) is 12.1 Å². The molecule has 29 heavy (non-hydrogen) atoms. The van der Waals surface area contributed by atoms with Gasteiger partial charge in [-0.25, -0.2) is 0 Å². The average molecular weight is 393 g/mol. The van der Waals surface area contributed by atoms with E-state index in [1.54, 1.807) is 14.2 Å². The molecule has 1 fully saturated rings. The van der Waals surface area contributed by atoms with E-state index in [2.05, 4.69) is 47.1 Å². The maximum Gasteiger partial charge on any atom is 0.241 e. The Labute approximate surface area is 171 Å². The van der Waals surface area contributed by atoms with Crippen molar-refractivity contribution in [3.8, 4) is 22.9 Å². The molecule has 0 radical (unpaired) electrons. The van der Waals surface area contributed by atoms with Crippen molar-refractivity contribution in [1.82, 2.24) is 15.0 Å². The number of benzene rings is 2. The van der Waals surface area contributed by atoms with Crippen LogP contribution in [0.2, 0.25) is 0 Å². The Hall–Kier alpha value is -2.86.